The molecule has 2 heteroatoms. The Balaban J connectivity index is 1.61. The zero-order valence-electron chi connectivity index (χ0n) is 11.2. The first-order valence-corrected chi connectivity index (χ1v) is 7.72. The van der Waals surface area contributed by atoms with Gasteiger partial charge in [0.1, 0.15) is 0 Å². The fourth-order valence-electron chi connectivity index (χ4n) is 4.06. The minimum atomic E-state index is 0.212. The topological polar surface area (TPSA) is 21.3 Å². The summed E-state index contributed by atoms with van der Waals surface area (Å²) < 4.78 is 6.55. The number of hydrogen-bond acceptors (Lipinski definition) is 2. The second kappa shape index (κ2) is 4.89. The molecule has 1 heterocycles. The Labute approximate surface area is 105 Å². The summed E-state index contributed by atoms with van der Waals surface area (Å²) in [6.45, 7) is 3.45. The second-order valence-corrected chi connectivity index (χ2v) is 6.46. The SMILES string of the molecule is CCC1CCC2(CC1)CNC1CCCCC1O2. The van der Waals surface area contributed by atoms with Gasteiger partial charge in [-0.15, -0.1) is 0 Å². The highest BCUT2D eigenvalue weighted by molar-refractivity contribution is 4.97. The quantitative estimate of drug-likeness (QED) is 0.756. The number of ether oxygens (including phenoxy) is 1. The van der Waals surface area contributed by atoms with Crippen LogP contribution in [0.2, 0.25) is 0 Å². The van der Waals surface area contributed by atoms with Gasteiger partial charge in [-0.05, 0) is 44.4 Å². The number of fused-ring (bicyclic) bond motifs is 1. The molecule has 0 radical (unpaired) electrons. The van der Waals surface area contributed by atoms with Crippen LogP contribution in [0.5, 0.6) is 0 Å². The van der Waals surface area contributed by atoms with E-state index in [0.717, 1.165) is 12.5 Å². The molecular formula is C15H27NO. The Kier molecular flexibility index (Phi) is 3.45. The van der Waals surface area contributed by atoms with Crippen molar-refractivity contribution in [1.82, 2.24) is 5.32 Å². The molecule has 1 aliphatic heterocycles. The third-order valence-electron chi connectivity index (χ3n) is 5.38. The summed E-state index contributed by atoms with van der Waals surface area (Å²) in [5, 5.41) is 3.79. The van der Waals surface area contributed by atoms with Crippen LogP contribution in [-0.2, 0) is 4.74 Å². The van der Waals surface area contributed by atoms with E-state index in [9.17, 15) is 0 Å². The van der Waals surface area contributed by atoms with E-state index in [1.807, 2.05) is 0 Å². The van der Waals surface area contributed by atoms with Crippen LogP contribution in [0.3, 0.4) is 0 Å². The Morgan fingerprint density at radius 1 is 1.12 bits per heavy atom. The third-order valence-corrected chi connectivity index (χ3v) is 5.38. The van der Waals surface area contributed by atoms with Gasteiger partial charge < -0.3 is 10.1 Å². The lowest BCUT2D eigenvalue weighted by Crippen LogP contribution is -2.60. The molecule has 3 aliphatic rings. The van der Waals surface area contributed by atoms with Gasteiger partial charge in [0.05, 0.1) is 11.7 Å². The van der Waals surface area contributed by atoms with Gasteiger partial charge in [0, 0.05) is 12.6 Å². The molecule has 1 N–H and O–H groups in total. The lowest BCUT2D eigenvalue weighted by Gasteiger charge is -2.50. The maximum atomic E-state index is 6.55. The molecule has 2 unspecified atom stereocenters. The van der Waals surface area contributed by atoms with E-state index in [4.69, 9.17) is 4.74 Å². The number of rotatable bonds is 1. The Morgan fingerprint density at radius 2 is 1.88 bits per heavy atom. The van der Waals surface area contributed by atoms with E-state index in [1.165, 1.54) is 57.8 Å². The van der Waals surface area contributed by atoms with Gasteiger partial charge in [-0.3, -0.25) is 0 Å². The summed E-state index contributed by atoms with van der Waals surface area (Å²) in [6, 6.07) is 0.665. The Bertz CT molecular complexity index is 252. The fourth-order valence-corrected chi connectivity index (χ4v) is 4.06. The van der Waals surface area contributed by atoms with Gasteiger partial charge in [0.25, 0.3) is 0 Å². The van der Waals surface area contributed by atoms with E-state index < -0.39 is 0 Å². The molecule has 0 aromatic carbocycles. The first-order chi connectivity index (χ1) is 8.31. The van der Waals surface area contributed by atoms with E-state index in [1.54, 1.807) is 0 Å². The first kappa shape index (κ1) is 12.0. The molecule has 3 rings (SSSR count). The van der Waals surface area contributed by atoms with Crippen LogP contribution in [0.25, 0.3) is 0 Å². The lowest BCUT2D eigenvalue weighted by molar-refractivity contribution is -0.164. The van der Waals surface area contributed by atoms with Gasteiger partial charge in [-0.25, -0.2) is 0 Å². The fraction of sp³-hybridized carbons (Fsp3) is 1.00. The van der Waals surface area contributed by atoms with Crippen molar-refractivity contribution < 1.29 is 4.74 Å². The van der Waals surface area contributed by atoms with Crippen molar-refractivity contribution in [2.45, 2.75) is 82.5 Å². The summed E-state index contributed by atoms with van der Waals surface area (Å²) in [6.07, 6.45) is 12.6. The largest absolute Gasteiger partial charge is 0.369 e. The van der Waals surface area contributed by atoms with Crippen LogP contribution in [0.1, 0.15) is 64.7 Å². The summed E-state index contributed by atoms with van der Waals surface area (Å²) in [4.78, 5) is 0. The molecule has 1 spiro atoms. The van der Waals surface area contributed by atoms with Crippen LogP contribution in [-0.4, -0.2) is 24.3 Å². The zero-order chi connectivity index (χ0) is 11.7. The maximum absolute atomic E-state index is 6.55. The average Bonchev–Trinajstić information content (AvgIpc) is 2.40. The molecule has 2 atom stereocenters. The van der Waals surface area contributed by atoms with Crippen molar-refractivity contribution in [2.75, 3.05) is 6.54 Å². The number of morpholine rings is 1. The number of hydrogen-bond donors (Lipinski definition) is 1. The highest BCUT2D eigenvalue weighted by atomic mass is 16.5. The summed E-state index contributed by atoms with van der Waals surface area (Å²) in [5.41, 5.74) is 0.212. The molecule has 0 aromatic rings. The smallest absolute Gasteiger partial charge is 0.0811 e. The van der Waals surface area contributed by atoms with Gasteiger partial charge in [0.2, 0.25) is 0 Å². The predicted octanol–water partition coefficient (Wildman–Crippen LogP) is 3.26. The monoisotopic (exact) mass is 237 g/mol. The maximum Gasteiger partial charge on any atom is 0.0811 e. The molecule has 2 aliphatic carbocycles. The van der Waals surface area contributed by atoms with Gasteiger partial charge in [-0.2, -0.15) is 0 Å². The van der Waals surface area contributed by atoms with Gasteiger partial charge >= 0.3 is 0 Å². The van der Waals surface area contributed by atoms with E-state index in [-0.39, 0.29) is 5.60 Å². The van der Waals surface area contributed by atoms with E-state index in [2.05, 4.69) is 12.2 Å². The molecule has 2 nitrogen and oxygen atoms in total. The molecule has 2 saturated carbocycles. The second-order valence-electron chi connectivity index (χ2n) is 6.46. The number of nitrogens with one attached hydrogen (secondary N) is 1. The van der Waals surface area contributed by atoms with E-state index in [0.29, 0.717) is 12.1 Å². The van der Waals surface area contributed by atoms with Crippen molar-refractivity contribution in [3.05, 3.63) is 0 Å². The first-order valence-electron chi connectivity index (χ1n) is 7.72. The molecule has 17 heavy (non-hydrogen) atoms. The van der Waals surface area contributed by atoms with Crippen LogP contribution in [0.4, 0.5) is 0 Å². The minimum Gasteiger partial charge on any atom is -0.369 e. The predicted molar refractivity (Wildman–Crippen MR) is 70.1 cm³/mol. The molecular weight excluding hydrogens is 210 g/mol. The van der Waals surface area contributed by atoms with Crippen molar-refractivity contribution in [3.8, 4) is 0 Å². The van der Waals surface area contributed by atoms with Crippen LogP contribution < -0.4 is 5.32 Å². The lowest BCUT2D eigenvalue weighted by atomic mass is 9.75. The average molecular weight is 237 g/mol. The van der Waals surface area contributed by atoms with Crippen molar-refractivity contribution in [2.24, 2.45) is 5.92 Å². The van der Waals surface area contributed by atoms with Crippen molar-refractivity contribution in [3.63, 3.8) is 0 Å². The molecule has 0 bridgehead atoms. The Morgan fingerprint density at radius 3 is 2.65 bits per heavy atom. The standard InChI is InChI=1S/C15H27NO/c1-2-12-7-9-15(10-8-12)11-16-13-5-3-4-6-14(13)17-15/h12-14,16H,2-11H2,1H3. The van der Waals surface area contributed by atoms with E-state index >= 15 is 0 Å². The minimum absolute atomic E-state index is 0.212. The van der Waals surface area contributed by atoms with Crippen LogP contribution in [0.15, 0.2) is 0 Å². The van der Waals surface area contributed by atoms with Gasteiger partial charge in [0.15, 0.2) is 0 Å². The highest BCUT2D eigenvalue weighted by Gasteiger charge is 2.43. The van der Waals surface area contributed by atoms with Crippen molar-refractivity contribution >= 4 is 0 Å². The molecule has 3 fully saturated rings. The molecule has 1 saturated heterocycles. The highest BCUT2D eigenvalue weighted by Crippen LogP contribution is 2.40. The third kappa shape index (κ3) is 2.39. The Hall–Kier alpha value is -0.0800. The summed E-state index contributed by atoms with van der Waals surface area (Å²) in [5.74, 6) is 0.966. The normalized spacial score (nSPS) is 46.8. The summed E-state index contributed by atoms with van der Waals surface area (Å²) in [7, 11) is 0. The van der Waals surface area contributed by atoms with Crippen molar-refractivity contribution in [1.29, 1.82) is 0 Å². The van der Waals surface area contributed by atoms with Gasteiger partial charge in [-0.1, -0.05) is 26.2 Å². The molecule has 98 valence electrons. The van der Waals surface area contributed by atoms with Crippen LogP contribution in [0, 0.1) is 5.92 Å². The molecule has 0 aromatic heterocycles. The zero-order valence-corrected chi connectivity index (χ0v) is 11.2. The summed E-state index contributed by atoms with van der Waals surface area (Å²) >= 11 is 0. The molecule has 0 amide bonds. The van der Waals surface area contributed by atoms with Crippen LogP contribution >= 0.6 is 0 Å².